The first kappa shape index (κ1) is 12.7. The molecule has 1 aromatic rings. The van der Waals surface area contributed by atoms with E-state index in [1.165, 1.54) is 0 Å². The highest BCUT2D eigenvalue weighted by molar-refractivity contribution is 9.10. The summed E-state index contributed by atoms with van der Waals surface area (Å²) in [5.74, 6) is -1.50. The summed E-state index contributed by atoms with van der Waals surface area (Å²) in [6.45, 7) is 2.65. The van der Waals surface area contributed by atoms with Gasteiger partial charge in [0, 0.05) is 16.7 Å². The van der Waals surface area contributed by atoms with Crippen LogP contribution in [-0.2, 0) is 15.0 Å². The lowest BCUT2D eigenvalue weighted by Crippen LogP contribution is -2.34. The summed E-state index contributed by atoms with van der Waals surface area (Å²) in [4.78, 5) is 25.6. The number of hydrogen-bond acceptors (Lipinski definition) is 2. The van der Waals surface area contributed by atoms with Crippen molar-refractivity contribution in [3.8, 4) is 0 Å². The maximum atomic E-state index is 12.6. The third kappa shape index (κ3) is 1.57. The highest BCUT2D eigenvalue weighted by atomic mass is 79.9. The molecule has 0 radical (unpaired) electrons. The van der Waals surface area contributed by atoms with E-state index in [9.17, 15) is 14.7 Å². The topological polar surface area (TPSA) is 57.6 Å². The Balaban J connectivity index is 2.12. The molecule has 100 valence electrons. The van der Waals surface area contributed by atoms with Gasteiger partial charge in [-0.05, 0) is 36.6 Å². The van der Waals surface area contributed by atoms with Crippen LogP contribution in [0.1, 0.15) is 25.3 Å². The van der Waals surface area contributed by atoms with Crippen molar-refractivity contribution in [1.29, 1.82) is 0 Å². The van der Waals surface area contributed by atoms with Gasteiger partial charge in [0.25, 0.3) is 0 Å². The maximum absolute atomic E-state index is 12.6. The fourth-order valence-electron chi connectivity index (χ4n) is 3.11. The Morgan fingerprint density at radius 3 is 2.89 bits per heavy atom. The third-order valence-corrected chi connectivity index (χ3v) is 4.56. The summed E-state index contributed by atoms with van der Waals surface area (Å²) in [7, 11) is 0. The van der Waals surface area contributed by atoms with Gasteiger partial charge in [-0.2, -0.15) is 0 Å². The van der Waals surface area contributed by atoms with Crippen LogP contribution in [-0.4, -0.2) is 23.5 Å². The number of carboxylic acids is 1. The van der Waals surface area contributed by atoms with Crippen LogP contribution >= 0.6 is 15.9 Å². The summed E-state index contributed by atoms with van der Waals surface area (Å²) >= 11 is 3.40. The summed E-state index contributed by atoms with van der Waals surface area (Å²) in [6, 6.07) is 5.69. The molecular formula is C14H14BrNO3. The molecule has 0 bridgehead atoms. The quantitative estimate of drug-likeness (QED) is 0.930. The Morgan fingerprint density at radius 1 is 1.58 bits per heavy atom. The summed E-state index contributed by atoms with van der Waals surface area (Å²) in [6.07, 6.45) is 1.28. The minimum Gasteiger partial charge on any atom is -0.481 e. The Bertz CT molecular complexity index is 586. The lowest BCUT2D eigenvalue weighted by Gasteiger charge is -2.16. The number of benzene rings is 1. The standard InChI is InChI=1S/C14H14BrNO3/c1-2-5-16-11-4-3-8(15)6-9(11)14(13(16)19)7-10(14)12(17)18/h3-4,6,10H,2,5,7H2,1H3,(H,17,18). The van der Waals surface area contributed by atoms with Crippen LogP contribution < -0.4 is 4.90 Å². The fourth-order valence-corrected chi connectivity index (χ4v) is 3.47. The molecule has 1 aromatic carbocycles. The van der Waals surface area contributed by atoms with E-state index in [1.54, 1.807) is 4.90 Å². The first-order valence-electron chi connectivity index (χ1n) is 6.37. The Labute approximate surface area is 119 Å². The monoisotopic (exact) mass is 323 g/mol. The lowest BCUT2D eigenvalue weighted by atomic mass is 9.95. The second-order valence-corrected chi connectivity index (χ2v) is 6.10. The van der Waals surface area contributed by atoms with Gasteiger partial charge in [0.2, 0.25) is 5.91 Å². The first-order valence-corrected chi connectivity index (χ1v) is 7.16. The number of halogens is 1. The Morgan fingerprint density at radius 2 is 2.32 bits per heavy atom. The van der Waals surface area contributed by atoms with Gasteiger partial charge >= 0.3 is 5.97 Å². The molecule has 4 nitrogen and oxygen atoms in total. The molecule has 0 saturated heterocycles. The molecule has 3 rings (SSSR count). The molecular weight excluding hydrogens is 310 g/mol. The van der Waals surface area contributed by atoms with Crippen LogP contribution in [0, 0.1) is 5.92 Å². The Kier molecular flexibility index (Phi) is 2.71. The fraction of sp³-hybridized carbons (Fsp3) is 0.429. The number of fused-ring (bicyclic) bond motifs is 2. The highest BCUT2D eigenvalue weighted by Crippen LogP contribution is 2.62. The molecule has 1 aliphatic heterocycles. The predicted molar refractivity (Wildman–Crippen MR) is 74.2 cm³/mol. The van der Waals surface area contributed by atoms with Crippen molar-refractivity contribution in [1.82, 2.24) is 0 Å². The second kappa shape index (κ2) is 4.07. The number of carboxylic acid groups (broad SMARTS) is 1. The van der Waals surface area contributed by atoms with Crippen molar-refractivity contribution < 1.29 is 14.7 Å². The number of carbonyl (C=O) groups excluding carboxylic acids is 1. The zero-order chi connectivity index (χ0) is 13.8. The van der Waals surface area contributed by atoms with Crippen molar-refractivity contribution >= 4 is 33.5 Å². The van der Waals surface area contributed by atoms with Crippen molar-refractivity contribution in [3.63, 3.8) is 0 Å². The smallest absolute Gasteiger partial charge is 0.307 e. The van der Waals surface area contributed by atoms with E-state index in [2.05, 4.69) is 15.9 Å². The van der Waals surface area contributed by atoms with Gasteiger partial charge < -0.3 is 10.0 Å². The number of rotatable bonds is 3. The van der Waals surface area contributed by atoms with Crippen LogP contribution in [0.25, 0.3) is 0 Å². The summed E-state index contributed by atoms with van der Waals surface area (Å²) in [5.41, 5.74) is 0.937. The van der Waals surface area contributed by atoms with Crippen molar-refractivity contribution in [2.75, 3.05) is 11.4 Å². The zero-order valence-electron chi connectivity index (χ0n) is 10.5. The van der Waals surface area contributed by atoms with Gasteiger partial charge in [0.05, 0.1) is 11.3 Å². The van der Waals surface area contributed by atoms with Gasteiger partial charge in [0.1, 0.15) is 0 Å². The summed E-state index contributed by atoms with van der Waals surface area (Å²) < 4.78 is 0.882. The number of nitrogens with zero attached hydrogens (tertiary/aromatic N) is 1. The van der Waals surface area contributed by atoms with Crippen LogP contribution in [0.3, 0.4) is 0 Å². The van der Waals surface area contributed by atoms with Crippen molar-refractivity contribution in [2.24, 2.45) is 5.92 Å². The molecule has 2 unspecified atom stereocenters. The zero-order valence-corrected chi connectivity index (χ0v) is 12.1. The molecule has 2 atom stereocenters. The minimum atomic E-state index is -0.877. The minimum absolute atomic E-state index is 0.0464. The van der Waals surface area contributed by atoms with Crippen molar-refractivity contribution in [2.45, 2.75) is 25.2 Å². The molecule has 1 saturated carbocycles. The highest BCUT2D eigenvalue weighted by Gasteiger charge is 2.69. The van der Waals surface area contributed by atoms with E-state index in [4.69, 9.17) is 0 Å². The van der Waals surface area contributed by atoms with Gasteiger partial charge in [-0.15, -0.1) is 0 Å². The Hall–Kier alpha value is -1.36. The van der Waals surface area contributed by atoms with Gasteiger partial charge in [-0.25, -0.2) is 0 Å². The maximum Gasteiger partial charge on any atom is 0.307 e. The summed E-state index contributed by atoms with van der Waals surface area (Å²) in [5, 5.41) is 9.23. The van der Waals surface area contributed by atoms with E-state index in [0.717, 1.165) is 22.1 Å². The predicted octanol–water partition coefficient (Wildman–Crippen LogP) is 2.55. The van der Waals surface area contributed by atoms with Crippen LogP contribution in [0.15, 0.2) is 22.7 Å². The molecule has 1 heterocycles. The molecule has 1 amide bonds. The molecule has 0 aromatic heterocycles. The average Bonchev–Trinajstić information content (AvgIpc) is 3.08. The van der Waals surface area contributed by atoms with E-state index >= 15 is 0 Å². The second-order valence-electron chi connectivity index (χ2n) is 5.18. The SMILES string of the molecule is CCCN1C(=O)C2(CC2C(=O)O)c2cc(Br)ccc21. The molecule has 2 aliphatic rings. The van der Waals surface area contributed by atoms with Crippen LogP contribution in [0.5, 0.6) is 0 Å². The number of anilines is 1. The van der Waals surface area contributed by atoms with E-state index in [1.807, 2.05) is 25.1 Å². The number of amides is 1. The van der Waals surface area contributed by atoms with Gasteiger partial charge in [-0.1, -0.05) is 22.9 Å². The van der Waals surface area contributed by atoms with Gasteiger partial charge in [0.15, 0.2) is 0 Å². The largest absolute Gasteiger partial charge is 0.481 e. The number of hydrogen-bond donors (Lipinski definition) is 1. The van der Waals surface area contributed by atoms with Crippen LogP contribution in [0.2, 0.25) is 0 Å². The molecule has 19 heavy (non-hydrogen) atoms. The first-order chi connectivity index (χ1) is 9.02. The van der Waals surface area contributed by atoms with Gasteiger partial charge in [-0.3, -0.25) is 9.59 Å². The number of carbonyl (C=O) groups is 2. The molecule has 1 N–H and O–H groups in total. The number of aliphatic carboxylic acids is 1. The normalized spacial score (nSPS) is 27.8. The third-order valence-electron chi connectivity index (χ3n) is 4.06. The molecule has 5 heteroatoms. The molecule has 1 spiro atoms. The molecule has 1 fully saturated rings. The van der Waals surface area contributed by atoms with Crippen molar-refractivity contribution in [3.05, 3.63) is 28.2 Å². The lowest BCUT2D eigenvalue weighted by molar-refractivity contribution is -0.140. The van der Waals surface area contributed by atoms with E-state index in [0.29, 0.717) is 13.0 Å². The van der Waals surface area contributed by atoms with E-state index in [-0.39, 0.29) is 5.91 Å². The molecule has 1 aliphatic carbocycles. The van der Waals surface area contributed by atoms with E-state index < -0.39 is 17.3 Å². The van der Waals surface area contributed by atoms with Crippen LogP contribution in [0.4, 0.5) is 5.69 Å². The average molecular weight is 324 g/mol.